The standard InChI is InChI=1S/C32H41FN2O4/c1-21(31(36)37)16-23-10-8-22(9-11-23)12-15-29(38-6)24-13-14-26(25(17-24)20-35(5)32(2,3)4)27-18-30(39-7)34-19-28(27)33/h8-11,13-14,17-19,21,29H,12,15-16,20H2,1-7H3,(H,36,37). The zero-order chi connectivity index (χ0) is 28.7. The van der Waals surface area contributed by atoms with Crippen LogP contribution in [0.2, 0.25) is 0 Å². The number of carbonyl (C=O) groups is 1. The maximum atomic E-state index is 14.9. The first-order valence-corrected chi connectivity index (χ1v) is 13.3. The lowest BCUT2D eigenvalue weighted by Crippen LogP contribution is -2.37. The topological polar surface area (TPSA) is 71.9 Å². The fourth-order valence-electron chi connectivity index (χ4n) is 4.44. The van der Waals surface area contributed by atoms with Crippen LogP contribution in [-0.2, 0) is 28.9 Å². The van der Waals surface area contributed by atoms with Crippen LogP contribution in [0, 0.1) is 11.7 Å². The minimum Gasteiger partial charge on any atom is -0.481 e. The van der Waals surface area contributed by atoms with Crippen LogP contribution < -0.4 is 4.74 Å². The summed E-state index contributed by atoms with van der Waals surface area (Å²) < 4.78 is 26.1. The Morgan fingerprint density at radius 3 is 2.31 bits per heavy atom. The van der Waals surface area contributed by atoms with Gasteiger partial charge in [-0.25, -0.2) is 9.37 Å². The molecule has 6 nitrogen and oxygen atoms in total. The average Bonchev–Trinajstić information content (AvgIpc) is 2.90. The van der Waals surface area contributed by atoms with Crippen molar-refractivity contribution in [1.82, 2.24) is 9.88 Å². The zero-order valence-corrected chi connectivity index (χ0v) is 24.1. The molecule has 39 heavy (non-hydrogen) atoms. The lowest BCUT2D eigenvalue weighted by Gasteiger charge is -2.33. The van der Waals surface area contributed by atoms with Crippen molar-refractivity contribution in [2.75, 3.05) is 21.3 Å². The van der Waals surface area contributed by atoms with Crippen LogP contribution in [0.25, 0.3) is 11.1 Å². The fourth-order valence-corrected chi connectivity index (χ4v) is 4.44. The van der Waals surface area contributed by atoms with Gasteiger partial charge in [-0.2, -0.15) is 0 Å². The number of carboxylic acids is 1. The Labute approximate surface area is 231 Å². The summed E-state index contributed by atoms with van der Waals surface area (Å²) in [6.45, 7) is 8.80. The zero-order valence-electron chi connectivity index (χ0n) is 24.1. The highest BCUT2D eigenvalue weighted by atomic mass is 19.1. The van der Waals surface area contributed by atoms with Crippen LogP contribution in [0.1, 0.15) is 62.5 Å². The number of halogens is 1. The van der Waals surface area contributed by atoms with Gasteiger partial charge in [0.1, 0.15) is 5.82 Å². The Balaban J connectivity index is 1.86. The van der Waals surface area contributed by atoms with Crippen molar-refractivity contribution in [1.29, 1.82) is 0 Å². The first-order chi connectivity index (χ1) is 18.4. The summed E-state index contributed by atoms with van der Waals surface area (Å²) in [6.07, 6.45) is 3.15. The highest BCUT2D eigenvalue weighted by Crippen LogP contribution is 2.34. The van der Waals surface area contributed by atoms with Gasteiger partial charge < -0.3 is 14.6 Å². The number of rotatable bonds is 12. The Kier molecular flexibility index (Phi) is 10.2. The fraction of sp³-hybridized carbons (Fsp3) is 0.438. The lowest BCUT2D eigenvalue weighted by atomic mass is 9.92. The van der Waals surface area contributed by atoms with E-state index < -0.39 is 17.7 Å². The van der Waals surface area contributed by atoms with E-state index in [1.807, 2.05) is 24.3 Å². The maximum Gasteiger partial charge on any atom is 0.306 e. The number of aliphatic carboxylic acids is 1. The molecule has 210 valence electrons. The highest BCUT2D eigenvalue weighted by molar-refractivity contribution is 5.70. The van der Waals surface area contributed by atoms with Crippen molar-refractivity contribution in [3.63, 3.8) is 0 Å². The third-order valence-electron chi connectivity index (χ3n) is 7.35. The molecule has 0 aliphatic carbocycles. The van der Waals surface area contributed by atoms with E-state index in [2.05, 4.69) is 55.9 Å². The molecule has 0 aliphatic heterocycles. The molecule has 0 spiro atoms. The summed E-state index contributed by atoms with van der Waals surface area (Å²) in [5, 5.41) is 9.16. The maximum absolute atomic E-state index is 14.9. The SMILES string of the molecule is COc1cc(-c2ccc(C(CCc3ccc(CC(C)C(=O)O)cc3)OC)cc2CN(C)C(C)(C)C)c(F)cn1. The number of carboxylic acid groups (broad SMARTS) is 1. The Bertz CT molecular complexity index is 1250. The minimum absolute atomic E-state index is 0.0726. The molecule has 0 saturated heterocycles. The Morgan fingerprint density at radius 2 is 1.72 bits per heavy atom. The van der Waals surface area contributed by atoms with E-state index in [9.17, 15) is 9.18 Å². The van der Waals surface area contributed by atoms with Crippen molar-refractivity contribution < 1.29 is 23.8 Å². The number of benzene rings is 2. The van der Waals surface area contributed by atoms with E-state index in [-0.39, 0.29) is 11.6 Å². The molecule has 0 bridgehead atoms. The molecule has 2 aromatic carbocycles. The molecule has 7 heteroatoms. The Morgan fingerprint density at radius 1 is 1.05 bits per heavy atom. The number of aryl methyl sites for hydroxylation is 1. The molecular weight excluding hydrogens is 495 g/mol. The first-order valence-electron chi connectivity index (χ1n) is 13.3. The van der Waals surface area contributed by atoms with Crippen molar-refractivity contribution in [3.05, 3.63) is 82.8 Å². The summed E-state index contributed by atoms with van der Waals surface area (Å²) in [5.74, 6) is -1.23. The molecule has 0 fully saturated rings. The van der Waals surface area contributed by atoms with E-state index in [0.29, 0.717) is 24.4 Å². The monoisotopic (exact) mass is 536 g/mol. The number of aromatic nitrogens is 1. The smallest absolute Gasteiger partial charge is 0.306 e. The van der Waals surface area contributed by atoms with Crippen molar-refractivity contribution >= 4 is 5.97 Å². The van der Waals surface area contributed by atoms with Crippen molar-refractivity contribution in [2.24, 2.45) is 5.92 Å². The molecule has 2 unspecified atom stereocenters. The summed E-state index contributed by atoms with van der Waals surface area (Å²) in [4.78, 5) is 17.4. The van der Waals surface area contributed by atoms with E-state index in [0.717, 1.165) is 35.1 Å². The summed E-state index contributed by atoms with van der Waals surface area (Å²) >= 11 is 0. The normalized spacial score (nSPS) is 13.4. The van der Waals surface area contributed by atoms with Gasteiger partial charge in [0.15, 0.2) is 0 Å². The van der Waals surface area contributed by atoms with Gasteiger partial charge in [0, 0.05) is 30.8 Å². The van der Waals surface area contributed by atoms with Gasteiger partial charge in [-0.1, -0.05) is 49.4 Å². The summed E-state index contributed by atoms with van der Waals surface area (Å²) in [7, 11) is 5.30. The first kappa shape index (κ1) is 30.3. The number of nitrogens with zero attached hydrogens (tertiary/aromatic N) is 2. The second-order valence-electron chi connectivity index (χ2n) is 11.2. The van der Waals surface area contributed by atoms with Gasteiger partial charge in [-0.3, -0.25) is 9.69 Å². The third kappa shape index (κ3) is 8.10. The van der Waals surface area contributed by atoms with Crippen LogP contribution in [0.15, 0.2) is 54.7 Å². The minimum atomic E-state index is -0.785. The number of pyridine rings is 1. The van der Waals surface area contributed by atoms with Gasteiger partial charge in [-0.15, -0.1) is 0 Å². The molecule has 2 atom stereocenters. The van der Waals surface area contributed by atoms with E-state index in [1.54, 1.807) is 20.1 Å². The molecular formula is C32H41FN2O4. The predicted molar refractivity (Wildman–Crippen MR) is 152 cm³/mol. The number of hydrogen-bond acceptors (Lipinski definition) is 5. The molecule has 1 aromatic heterocycles. The van der Waals surface area contributed by atoms with Gasteiger partial charge >= 0.3 is 5.97 Å². The van der Waals surface area contributed by atoms with Crippen molar-refractivity contribution in [3.8, 4) is 17.0 Å². The molecule has 3 aromatic rings. The molecule has 0 radical (unpaired) electrons. The second-order valence-corrected chi connectivity index (χ2v) is 11.2. The molecule has 0 amide bonds. The van der Waals surface area contributed by atoms with Gasteiger partial charge in [0.25, 0.3) is 0 Å². The summed E-state index contributed by atoms with van der Waals surface area (Å²) in [6, 6.07) is 15.9. The summed E-state index contributed by atoms with van der Waals surface area (Å²) in [5.41, 5.74) is 5.39. The van der Waals surface area contributed by atoms with Crippen molar-refractivity contribution in [2.45, 2.75) is 65.1 Å². The number of hydrogen-bond donors (Lipinski definition) is 1. The second kappa shape index (κ2) is 13.2. The van der Waals surface area contributed by atoms with Crippen LogP contribution in [0.4, 0.5) is 4.39 Å². The third-order valence-corrected chi connectivity index (χ3v) is 7.35. The van der Waals surface area contributed by atoms with Gasteiger partial charge in [-0.05, 0) is 74.9 Å². The highest BCUT2D eigenvalue weighted by Gasteiger charge is 2.22. The van der Waals surface area contributed by atoms with Crippen LogP contribution in [0.3, 0.4) is 0 Å². The quantitative estimate of drug-likeness (QED) is 0.277. The van der Waals surface area contributed by atoms with E-state index in [4.69, 9.17) is 14.6 Å². The molecule has 0 aliphatic rings. The van der Waals surface area contributed by atoms with Gasteiger partial charge in [0.05, 0.1) is 25.3 Å². The Hall–Kier alpha value is -3.29. The molecule has 1 N–H and O–H groups in total. The van der Waals surface area contributed by atoms with Crippen LogP contribution >= 0.6 is 0 Å². The molecule has 0 saturated carbocycles. The van der Waals surface area contributed by atoms with E-state index >= 15 is 0 Å². The van der Waals surface area contributed by atoms with Crippen LogP contribution in [-0.4, -0.2) is 47.8 Å². The van der Waals surface area contributed by atoms with Gasteiger partial charge in [0.2, 0.25) is 5.88 Å². The predicted octanol–water partition coefficient (Wildman–Crippen LogP) is 6.71. The average molecular weight is 537 g/mol. The molecule has 3 rings (SSSR count). The number of ether oxygens (including phenoxy) is 2. The molecule has 1 heterocycles. The van der Waals surface area contributed by atoms with Crippen LogP contribution in [0.5, 0.6) is 5.88 Å². The largest absolute Gasteiger partial charge is 0.481 e. The van der Waals surface area contributed by atoms with E-state index in [1.165, 1.54) is 18.9 Å². The number of methoxy groups -OCH3 is 2. The lowest BCUT2D eigenvalue weighted by molar-refractivity contribution is -0.141.